The summed E-state index contributed by atoms with van der Waals surface area (Å²) in [7, 11) is 0. The monoisotopic (exact) mass is 387 g/mol. The molecular formula is C16H13N5OS3. The predicted molar refractivity (Wildman–Crippen MR) is 103 cm³/mol. The van der Waals surface area contributed by atoms with Gasteiger partial charge in [0.2, 0.25) is 11.0 Å². The van der Waals surface area contributed by atoms with Gasteiger partial charge in [0.15, 0.2) is 4.34 Å². The van der Waals surface area contributed by atoms with Gasteiger partial charge in [0.1, 0.15) is 11.1 Å². The number of rotatable bonds is 6. The largest absolute Gasteiger partial charge is 0.330 e. The molecule has 25 heavy (non-hydrogen) atoms. The quantitative estimate of drug-likeness (QED) is 0.612. The van der Waals surface area contributed by atoms with Crippen LogP contribution in [0.15, 0.2) is 46.1 Å². The number of thioether (sulfide) groups is 1. The van der Waals surface area contributed by atoms with Crippen molar-refractivity contribution in [3.63, 3.8) is 0 Å². The Morgan fingerprint density at radius 1 is 1.28 bits per heavy atom. The highest BCUT2D eigenvalue weighted by molar-refractivity contribution is 8.02. The standard InChI is InChI=1S/C16H13N5OS3/c1-10(13(22)19-14-11(9-17)7-8-23-14)24-16-21-20-15(25-16)18-12-5-3-2-4-6-12/h2-8,10H,1H3,(H,18,20)(H,19,22)/t10-/m0/s1. The SMILES string of the molecule is C[C@H](Sc1nnc(Nc2ccccc2)s1)C(=O)Nc1sccc1C#N. The van der Waals surface area contributed by atoms with Crippen LogP contribution in [0.4, 0.5) is 15.8 Å². The molecule has 2 N–H and O–H groups in total. The minimum atomic E-state index is -0.355. The van der Waals surface area contributed by atoms with Crippen LogP contribution in [0, 0.1) is 11.3 Å². The molecule has 1 amide bonds. The number of nitriles is 1. The fraction of sp³-hybridized carbons (Fsp3) is 0.125. The number of thiophene rings is 1. The number of aromatic nitrogens is 2. The summed E-state index contributed by atoms with van der Waals surface area (Å²) in [6.45, 7) is 1.80. The maximum atomic E-state index is 12.3. The molecule has 1 aromatic carbocycles. The maximum absolute atomic E-state index is 12.3. The highest BCUT2D eigenvalue weighted by atomic mass is 32.2. The van der Waals surface area contributed by atoms with Gasteiger partial charge in [0.05, 0.1) is 10.8 Å². The van der Waals surface area contributed by atoms with Crippen LogP contribution in [0.25, 0.3) is 0 Å². The van der Waals surface area contributed by atoms with Crippen molar-refractivity contribution in [2.24, 2.45) is 0 Å². The van der Waals surface area contributed by atoms with Gasteiger partial charge in [-0.05, 0) is 30.5 Å². The normalized spacial score (nSPS) is 11.5. The molecule has 0 spiro atoms. The second-order valence-electron chi connectivity index (χ2n) is 4.89. The van der Waals surface area contributed by atoms with Crippen molar-refractivity contribution in [3.8, 4) is 6.07 Å². The second kappa shape index (κ2) is 8.11. The van der Waals surface area contributed by atoms with E-state index in [1.807, 2.05) is 30.3 Å². The van der Waals surface area contributed by atoms with E-state index in [0.29, 0.717) is 20.0 Å². The third-order valence-corrected chi connectivity index (χ3v) is 5.95. The highest BCUT2D eigenvalue weighted by Crippen LogP contribution is 2.31. The van der Waals surface area contributed by atoms with Crippen molar-refractivity contribution in [1.82, 2.24) is 10.2 Å². The third-order valence-electron chi connectivity index (χ3n) is 3.10. The van der Waals surface area contributed by atoms with Gasteiger partial charge in [-0.3, -0.25) is 4.79 Å². The molecule has 0 saturated heterocycles. The first-order valence-electron chi connectivity index (χ1n) is 7.26. The smallest absolute Gasteiger partial charge is 0.238 e. The third kappa shape index (κ3) is 4.57. The lowest BCUT2D eigenvalue weighted by atomic mass is 10.3. The number of para-hydroxylation sites is 1. The minimum Gasteiger partial charge on any atom is -0.330 e. The van der Waals surface area contributed by atoms with Gasteiger partial charge in [-0.1, -0.05) is 41.3 Å². The first-order valence-corrected chi connectivity index (χ1v) is 9.84. The molecular weight excluding hydrogens is 374 g/mol. The molecule has 126 valence electrons. The molecule has 0 radical (unpaired) electrons. The minimum absolute atomic E-state index is 0.170. The van der Waals surface area contributed by atoms with Gasteiger partial charge in [-0.25, -0.2) is 0 Å². The predicted octanol–water partition coefficient (Wildman–Crippen LogP) is 4.33. The van der Waals surface area contributed by atoms with Crippen LogP contribution in [-0.2, 0) is 4.79 Å². The second-order valence-corrected chi connectivity index (χ2v) is 8.37. The van der Waals surface area contributed by atoms with Crippen LogP contribution < -0.4 is 10.6 Å². The van der Waals surface area contributed by atoms with Crippen LogP contribution in [0.2, 0.25) is 0 Å². The lowest BCUT2D eigenvalue weighted by molar-refractivity contribution is -0.115. The topological polar surface area (TPSA) is 90.7 Å². The van der Waals surface area contributed by atoms with Gasteiger partial charge in [0, 0.05) is 5.69 Å². The van der Waals surface area contributed by atoms with Crippen molar-refractivity contribution in [1.29, 1.82) is 5.26 Å². The number of amides is 1. The molecule has 1 atom stereocenters. The molecule has 9 heteroatoms. The van der Waals surface area contributed by atoms with Gasteiger partial charge in [0.25, 0.3) is 0 Å². The van der Waals surface area contributed by atoms with E-state index in [9.17, 15) is 4.79 Å². The number of nitrogens with zero attached hydrogens (tertiary/aromatic N) is 3. The summed E-state index contributed by atoms with van der Waals surface area (Å²) in [6.07, 6.45) is 0. The number of hydrogen-bond acceptors (Lipinski definition) is 8. The molecule has 0 unspecified atom stereocenters. The van der Waals surface area contributed by atoms with Crippen LogP contribution in [-0.4, -0.2) is 21.4 Å². The summed E-state index contributed by atoms with van der Waals surface area (Å²) in [5.74, 6) is -0.170. The zero-order valence-corrected chi connectivity index (χ0v) is 15.5. The number of nitrogens with one attached hydrogen (secondary N) is 2. The summed E-state index contributed by atoms with van der Waals surface area (Å²) >= 11 is 4.05. The van der Waals surface area contributed by atoms with Crippen molar-refractivity contribution < 1.29 is 4.79 Å². The van der Waals surface area contributed by atoms with E-state index in [-0.39, 0.29) is 11.2 Å². The van der Waals surface area contributed by atoms with E-state index >= 15 is 0 Å². The Bertz CT molecular complexity index is 900. The number of carbonyl (C=O) groups excluding carboxylic acids is 1. The van der Waals surface area contributed by atoms with Crippen LogP contribution >= 0.6 is 34.4 Å². The van der Waals surface area contributed by atoms with Crippen LogP contribution in [0.1, 0.15) is 12.5 Å². The van der Waals surface area contributed by atoms with Gasteiger partial charge in [-0.15, -0.1) is 21.5 Å². The molecule has 3 aromatic rings. The Hall–Kier alpha value is -2.41. The Morgan fingerprint density at radius 3 is 2.84 bits per heavy atom. The van der Waals surface area contributed by atoms with Gasteiger partial charge in [-0.2, -0.15) is 5.26 Å². The molecule has 0 aliphatic carbocycles. The zero-order chi connectivity index (χ0) is 17.6. The van der Waals surface area contributed by atoms with E-state index in [4.69, 9.17) is 5.26 Å². The first-order chi connectivity index (χ1) is 12.2. The van der Waals surface area contributed by atoms with Crippen molar-refractivity contribution in [2.45, 2.75) is 16.5 Å². The number of benzene rings is 1. The van der Waals surface area contributed by atoms with E-state index in [1.54, 1.807) is 18.4 Å². The molecule has 2 aromatic heterocycles. The lowest BCUT2D eigenvalue weighted by Crippen LogP contribution is -2.22. The number of carbonyl (C=O) groups is 1. The summed E-state index contributed by atoms with van der Waals surface area (Å²) < 4.78 is 0.702. The molecule has 2 heterocycles. The molecule has 6 nitrogen and oxygen atoms in total. The van der Waals surface area contributed by atoms with Crippen LogP contribution in [0.5, 0.6) is 0 Å². The molecule has 0 aliphatic rings. The lowest BCUT2D eigenvalue weighted by Gasteiger charge is -2.08. The van der Waals surface area contributed by atoms with E-state index in [1.165, 1.54) is 34.4 Å². The number of anilines is 3. The molecule has 3 rings (SSSR count). The first kappa shape index (κ1) is 17.4. The Balaban J connectivity index is 1.58. The molecule has 0 aliphatic heterocycles. The Morgan fingerprint density at radius 2 is 2.08 bits per heavy atom. The van der Waals surface area contributed by atoms with E-state index in [0.717, 1.165) is 5.69 Å². The van der Waals surface area contributed by atoms with Crippen molar-refractivity contribution >= 4 is 56.2 Å². The fourth-order valence-electron chi connectivity index (χ4n) is 1.87. The molecule has 0 fully saturated rings. The van der Waals surface area contributed by atoms with E-state index < -0.39 is 0 Å². The van der Waals surface area contributed by atoms with Crippen molar-refractivity contribution in [2.75, 3.05) is 10.6 Å². The summed E-state index contributed by atoms with van der Waals surface area (Å²) in [4.78, 5) is 12.3. The Labute approximate surface area is 156 Å². The zero-order valence-electron chi connectivity index (χ0n) is 13.1. The summed E-state index contributed by atoms with van der Waals surface area (Å²) in [6, 6.07) is 13.4. The summed E-state index contributed by atoms with van der Waals surface area (Å²) in [5.41, 5.74) is 1.41. The average Bonchev–Trinajstić information content (AvgIpc) is 3.25. The van der Waals surface area contributed by atoms with Gasteiger partial charge >= 0.3 is 0 Å². The summed E-state index contributed by atoms with van der Waals surface area (Å²) in [5, 5.41) is 25.8. The maximum Gasteiger partial charge on any atom is 0.238 e. The number of hydrogen-bond donors (Lipinski definition) is 2. The Kier molecular flexibility index (Phi) is 5.65. The fourth-order valence-corrected chi connectivity index (χ4v) is 4.52. The highest BCUT2D eigenvalue weighted by Gasteiger charge is 2.19. The average molecular weight is 388 g/mol. The molecule has 0 bridgehead atoms. The van der Waals surface area contributed by atoms with Crippen LogP contribution in [0.3, 0.4) is 0 Å². The molecule has 0 saturated carbocycles. The van der Waals surface area contributed by atoms with Crippen molar-refractivity contribution in [3.05, 3.63) is 47.3 Å². The van der Waals surface area contributed by atoms with Gasteiger partial charge < -0.3 is 10.6 Å². The van der Waals surface area contributed by atoms with E-state index in [2.05, 4.69) is 26.9 Å².